The summed E-state index contributed by atoms with van der Waals surface area (Å²) in [7, 11) is 0. The Hall–Kier alpha value is -17.5. The zero-order valence-electron chi connectivity index (χ0n) is 71.5. The van der Waals surface area contributed by atoms with Gasteiger partial charge in [-0.1, -0.05) is 383 Å². The summed E-state index contributed by atoms with van der Waals surface area (Å²) in [5, 5.41) is 20.1. The summed E-state index contributed by atoms with van der Waals surface area (Å²) in [5.41, 5.74) is 21.7. The van der Waals surface area contributed by atoms with E-state index >= 15 is 0 Å². The first-order valence-corrected chi connectivity index (χ1v) is 44.3. The molecule has 25 rings (SSSR count). The molecule has 0 aliphatic heterocycles. The molecular weight excluding hydrogens is 1590 g/mol. The number of nitrogens with zero attached hydrogens (tertiary/aromatic N) is 10. The number of hydrogen-bond acceptors (Lipinski definition) is 9. The van der Waals surface area contributed by atoms with Crippen LogP contribution in [0.2, 0.25) is 0 Å². The van der Waals surface area contributed by atoms with Gasteiger partial charge in [-0.3, -0.25) is 14.5 Å². The fourth-order valence-electron chi connectivity index (χ4n) is 18.7. The summed E-state index contributed by atoms with van der Waals surface area (Å²) in [4.78, 5) is 44.6. The van der Waals surface area contributed by atoms with Gasteiger partial charge in [-0.05, 0) is 192 Å². The number of benzene rings is 20. The molecule has 0 saturated carbocycles. The fourth-order valence-corrected chi connectivity index (χ4v) is 18.7. The van der Waals surface area contributed by atoms with E-state index in [1.54, 1.807) is 0 Å². The van der Waals surface area contributed by atoms with Crippen LogP contribution in [0.25, 0.3) is 238 Å². The molecule has 20 aromatic carbocycles. The number of fused-ring (bicyclic) bond motifs is 12. The molecule has 0 N–H and O–H groups in total. The molecule has 0 radical (unpaired) electrons. The Morgan fingerprint density at radius 3 is 1.11 bits per heavy atom. The Morgan fingerprint density at radius 2 is 0.580 bits per heavy atom. The Bertz CT molecular complexity index is 8380. The first-order valence-electron chi connectivity index (χ1n) is 44.3. The number of aryl methyl sites for hydroxylation is 1. The SMILES string of the molecule is CCc1nc2ccccc2n1-c1ccc(-c2c3ccccc3c(-c3ccc(-c4ccccc4)cc3)c3ccccc23)cc1.c1ccc(-c2ccc(-c3nc(-c4cc5ccccc5c5ccccc45)nc(-c4cc5ccccc5c5ccccc45)n3)cc2)nc1.c1ccc2cc(-c3nc(-c4ccc(-c5cccc6cccnc56)cc4)nc(-c4ccc5ccccc5c4)n3)ccc2c1. The molecule has 0 saturated heterocycles. The third-order valence-corrected chi connectivity index (χ3v) is 25.1. The van der Waals surface area contributed by atoms with E-state index in [0.29, 0.717) is 34.9 Å². The monoisotopic (exact) mass is 1670 g/mol. The van der Waals surface area contributed by atoms with Crippen molar-refractivity contribution in [3.8, 4) is 130 Å². The van der Waals surface area contributed by atoms with E-state index in [-0.39, 0.29) is 0 Å². The van der Waals surface area contributed by atoms with E-state index in [4.69, 9.17) is 34.9 Å². The van der Waals surface area contributed by atoms with Crippen LogP contribution in [-0.2, 0) is 6.42 Å². The highest BCUT2D eigenvalue weighted by Gasteiger charge is 2.23. The predicted octanol–water partition coefficient (Wildman–Crippen LogP) is 30.8. The third kappa shape index (κ3) is 15.0. The molecule has 0 aliphatic carbocycles. The highest BCUT2D eigenvalue weighted by molar-refractivity contribution is 6.22. The molecule has 5 heterocycles. The molecule has 25 aromatic rings. The van der Waals surface area contributed by atoms with Gasteiger partial charge >= 0.3 is 0 Å². The van der Waals surface area contributed by atoms with Crippen LogP contribution in [-0.4, -0.2) is 49.4 Å². The average molecular weight is 1670 g/mol. The highest BCUT2D eigenvalue weighted by Crippen LogP contribution is 2.46. The van der Waals surface area contributed by atoms with Crippen molar-refractivity contribution in [1.29, 1.82) is 0 Å². The lowest BCUT2D eigenvalue weighted by molar-refractivity contribution is 0.908. The molecule has 0 unspecified atom stereocenters. The maximum Gasteiger partial charge on any atom is 0.164 e. The molecule has 0 fully saturated rings. The quantitative estimate of drug-likeness (QED) is 0.0820. The molecule has 614 valence electrons. The number of rotatable bonds is 13. The molecular formula is C121H80N10. The minimum absolute atomic E-state index is 0.627. The van der Waals surface area contributed by atoms with Gasteiger partial charge in [0.25, 0.3) is 0 Å². The molecule has 131 heavy (non-hydrogen) atoms. The van der Waals surface area contributed by atoms with Crippen LogP contribution < -0.4 is 0 Å². The van der Waals surface area contributed by atoms with Gasteiger partial charge in [-0.25, -0.2) is 34.9 Å². The van der Waals surface area contributed by atoms with Crippen LogP contribution in [0.15, 0.2) is 455 Å². The van der Waals surface area contributed by atoms with Gasteiger partial charge in [0.15, 0.2) is 34.9 Å². The van der Waals surface area contributed by atoms with E-state index in [1.165, 1.54) is 87.2 Å². The second-order valence-electron chi connectivity index (χ2n) is 32.9. The standard InChI is InChI=1S/C42H26N4.C41H30N2.C38H24N4/c1-3-13-31-29(11-1)25-37(35-17-7-5-15-33(31)35)41-44-40(28-22-20-27(21-23-28)39-19-9-10-24-43-39)45-42(46-41)38-26-30-12-2-4-14-32(30)34-16-6-8-18-36(34)38;1-2-39-42-37-18-10-11-19-38(37)43(39)32-26-24-31(25-27-32)41-35-16-8-6-14-33(35)40(34-15-7-9-17-36(34)41)30-22-20-29(21-23-30)28-12-4-3-5-13-28;1-3-9-30-23-32(20-14-25(30)7-1)37-40-36(41-38(42-37)33-21-15-26-8-2-4-10-31(26)24-33)29-18-16-27(17-19-29)34-13-5-11-28-12-6-22-39-35(28)34/h1-26H;3-27H,2H2,1H3;1-24H. The van der Waals surface area contributed by atoms with Crippen molar-refractivity contribution in [2.75, 3.05) is 0 Å². The van der Waals surface area contributed by atoms with Crippen LogP contribution in [0.3, 0.4) is 0 Å². The summed E-state index contributed by atoms with van der Waals surface area (Å²) in [6.45, 7) is 2.17. The Balaban J connectivity index is 0.000000112. The van der Waals surface area contributed by atoms with Crippen LogP contribution in [0.5, 0.6) is 0 Å². The maximum absolute atomic E-state index is 5.25. The van der Waals surface area contributed by atoms with Crippen LogP contribution in [0.4, 0.5) is 0 Å². The lowest BCUT2D eigenvalue weighted by atomic mass is 9.85. The highest BCUT2D eigenvalue weighted by atomic mass is 15.1. The van der Waals surface area contributed by atoms with E-state index in [2.05, 4.69) is 440 Å². The second-order valence-corrected chi connectivity index (χ2v) is 32.9. The average Bonchev–Trinajstić information content (AvgIpc) is 0.979. The summed E-state index contributed by atoms with van der Waals surface area (Å²) >= 11 is 0. The van der Waals surface area contributed by atoms with Crippen molar-refractivity contribution in [3.05, 3.63) is 461 Å². The number of hydrogen-bond donors (Lipinski definition) is 0. The molecule has 5 aromatic heterocycles. The van der Waals surface area contributed by atoms with E-state index in [1.807, 2.05) is 36.7 Å². The minimum atomic E-state index is 0.627. The Labute approximate surface area is 756 Å². The zero-order chi connectivity index (χ0) is 87.1. The molecule has 0 bridgehead atoms. The van der Waals surface area contributed by atoms with Crippen molar-refractivity contribution < 1.29 is 0 Å². The van der Waals surface area contributed by atoms with Gasteiger partial charge in [0.05, 0.1) is 22.2 Å². The summed E-state index contributed by atoms with van der Waals surface area (Å²) in [5.74, 6) is 4.93. The molecule has 10 nitrogen and oxygen atoms in total. The lowest BCUT2D eigenvalue weighted by Crippen LogP contribution is -2.01. The van der Waals surface area contributed by atoms with Crippen molar-refractivity contribution in [2.24, 2.45) is 0 Å². The van der Waals surface area contributed by atoms with Crippen molar-refractivity contribution in [2.45, 2.75) is 13.3 Å². The largest absolute Gasteiger partial charge is 0.296 e. The number of aromatic nitrogens is 10. The van der Waals surface area contributed by atoms with Crippen LogP contribution in [0.1, 0.15) is 12.7 Å². The maximum atomic E-state index is 5.25. The number of pyridine rings is 2. The van der Waals surface area contributed by atoms with Gasteiger partial charge in [0.2, 0.25) is 0 Å². The molecule has 0 atom stereocenters. The minimum Gasteiger partial charge on any atom is -0.296 e. The van der Waals surface area contributed by atoms with Gasteiger partial charge in [-0.15, -0.1) is 0 Å². The van der Waals surface area contributed by atoms with Gasteiger partial charge in [0.1, 0.15) is 5.82 Å². The summed E-state index contributed by atoms with van der Waals surface area (Å²) < 4.78 is 2.29. The van der Waals surface area contributed by atoms with Crippen molar-refractivity contribution in [1.82, 2.24) is 49.4 Å². The van der Waals surface area contributed by atoms with E-state index < -0.39 is 0 Å². The molecule has 0 spiro atoms. The van der Waals surface area contributed by atoms with Crippen molar-refractivity contribution in [3.63, 3.8) is 0 Å². The topological polar surface area (TPSA) is 121 Å². The fraction of sp³-hybridized carbons (Fsp3) is 0.0165. The second kappa shape index (κ2) is 34.1. The Kier molecular flexibility index (Phi) is 20.4. The summed E-state index contributed by atoms with van der Waals surface area (Å²) in [6.07, 6.45) is 4.53. The van der Waals surface area contributed by atoms with E-state index in [9.17, 15) is 0 Å². The van der Waals surface area contributed by atoms with Gasteiger partial charge in [0, 0.05) is 74.4 Å². The predicted molar refractivity (Wildman–Crippen MR) is 543 cm³/mol. The van der Waals surface area contributed by atoms with Crippen LogP contribution in [0, 0.1) is 0 Å². The summed E-state index contributed by atoms with van der Waals surface area (Å²) in [6, 6.07) is 156. The van der Waals surface area contributed by atoms with Crippen LogP contribution >= 0.6 is 0 Å². The number of para-hydroxylation sites is 3. The first-order chi connectivity index (χ1) is 64.9. The lowest BCUT2D eigenvalue weighted by Gasteiger charge is -2.18. The zero-order valence-corrected chi connectivity index (χ0v) is 71.5. The molecule has 0 amide bonds. The number of imidazole rings is 1. The smallest absolute Gasteiger partial charge is 0.164 e. The molecule has 0 aliphatic rings. The molecule has 10 heteroatoms. The first kappa shape index (κ1) is 78.3. The van der Waals surface area contributed by atoms with Gasteiger partial charge < -0.3 is 0 Å². The van der Waals surface area contributed by atoms with Crippen molar-refractivity contribution >= 4 is 108 Å². The normalized spacial score (nSPS) is 11.4. The van der Waals surface area contributed by atoms with E-state index in [0.717, 1.165) is 128 Å². The Morgan fingerprint density at radius 1 is 0.206 bits per heavy atom. The van der Waals surface area contributed by atoms with Gasteiger partial charge in [-0.2, -0.15) is 0 Å². The third-order valence-electron chi connectivity index (χ3n) is 25.1.